The smallest absolute Gasteiger partial charge is 0.318 e. The first-order valence-corrected chi connectivity index (χ1v) is 10.3. The molecule has 0 radical (unpaired) electrons. The van der Waals surface area contributed by atoms with Gasteiger partial charge in [0.25, 0.3) is 0 Å². The molecule has 1 atom stereocenters. The van der Waals surface area contributed by atoms with E-state index in [1.165, 1.54) is 11.1 Å². The van der Waals surface area contributed by atoms with Gasteiger partial charge in [-0.2, -0.15) is 0 Å². The molecule has 1 aromatic carbocycles. The van der Waals surface area contributed by atoms with E-state index in [1.807, 2.05) is 9.80 Å². The molecule has 1 aliphatic rings. The molecule has 2 aromatic rings. The molecule has 1 aliphatic heterocycles. The number of amides is 1. The molecule has 1 fully saturated rings. The number of piperazine rings is 1. The van der Waals surface area contributed by atoms with Crippen LogP contribution in [-0.2, 0) is 4.79 Å². The van der Waals surface area contributed by atoms with Crippen LogP contribution in [0.1, 0.15) is 63.0 Å². The van der Waals surface area contributed by atoms with Gasteiger partial charge < -0.3 is 14.2 Å². The molecular weight excluding hydrogens is 352 g/mol. The Kier molecular flexibility index (Phi) is 6.37. The summed E-state index contributed by atoms with van der Waals surface area (Å²) in [4.78, 5) is 17.0. The third kappa shape index (κ3) is 4.72. The highest BCUT2D eigenvalue weighted by Gasteiger charge is 2.27. The number of anilines is 1. The maximum absolute atomic E-state index is 13.0. The first kappa shape index (κ1) is 20.4. The zero-order valence-electron chi connectivity index (χ0n) is 17.7. The van der Waals surface area contributed by atoms with Crippen LogP contribution in [0.25, 0.3) is 0 Å². The van der Waals surface area contributed by atoms with Crippen LogP contribution >= 0.6 is 0 Å². The van der Waals surface area contributed by atoms with Crippen molar-refractivity contribution in [3.63, 3.8) is 0 Å². The molecule has 1 saturated heterocycles. The maximum atomic E-state index is 13.0. The van der Waals surface area contributed by atoms with Crippen LogP contribution in [0.15, 0.2) is 28.7 Å². The molecule has 28 heavy (non-hydrogen) atoms. The van der Waals surface area contributed by atoms with Crippen LogP contribution in [0.2, 0.25) is 0 Å². The van der Waals surface area contributed by atoms with E-state index in [0.717, 1.165) is 13.1 Å². The summed E-state index contributed by atoms with van der Waals surface area (Å²) < 4.78 is 5.50. The van der Waals surface area contributed by atoms with Crippen molar-refractivity contribution in [1.29, 1.82) is 0 Å². The lowest BCUT2D eigenvalue weighted by Crippen LogP contribution is -2.49. The number of carbonyl (C=O) groups is 1. The van der Waals surface area contributed by atoms with Gasteiger partial charge in [0, 0.05) is 39.5 Å². The normalized spacial score (nSPS) is 16.1. The average Bonchev–Trinajstić information content (AvgIpc) is 3.12. The zero-order chi connectivity index (χ0) is 20.3. The second-order valence-corrected chi connectivity index (χ2v) is 8.35. The highest BCUT2D eigenvalue weighted by molar-refractivity contribution is 5.77. The fourth-order valence-corrected chi connectivity index (χ4v) is 3.74. The molecule has 0 spiro atoms. The second-order valence-electron chi connectivity index (χ2n) is 8.35. The number of aryl methyl sites for hydroxylation is 1. The Morgan fingerprint density at radius 1 is 1.00 bits per heavy atom. The minimum Gasteiger partial charge on any atom is -0.408 e. The molecule has 1 unspecified atom stereocenters. The molecular formula is C22H32N4O2. The number of rotatable bonds is 6. The number of benzene rings is 1. The van der Waals surface area contributed by atoms with E-state index < -0.39 is 0 Å². The molecule has 1 amide bonds. The molecule has 0 bridgehead atoms. The Hall–Kier alpha value is -2.37. The SMILES string of the molecule is Cc1nnc(N2CCN(C(=O)CC(c3ccc(C(C)C)cc3)C(C)C)CC2)o1. The maximum Gasteiger partial charge on any atom is 0.318 e. The zero-order valence-corrected chi connectivity index (χ0v) is 17.7. The molecule has 1 aromatic heterocycles. The Balaban J connectivity index is 1.60. The van der Waals surface area contributed by atoms with Gasteiger partial charge >= 0.3 is 6.01 Å². The van der Waals surface area contributed by atoms with E-state index in [4.69, 9.17) is 4.42 Å². The summed E-state index contributed by atoms with van der Waals surface area (Å²) in [5.41, 5.74) is 2.60. The molecule has 2 heterocycles. The van der Waals surface area contributed by atoms with E-state index in [9.17, 15) is 4.79 Å². The van der Waals surface area contributed by atoms with Crippen LogP contribution < -0.4 is 4.90 Å². The van der Waals surface area contributed by atoms with E-state index in [1.54, 1.807) is 6.92 Å². The lowest BCUT2D eigenvalue weighted by molar-refractivity contribution is -0.132. The van der Waals surface area contributed by atoms with Crippen LogP contribution in [0.4, 0.5) is 6.01 Å². The third-order valence-electron chi connectivity index (χ3n) is 5.65. The van der Waals surface area contributed by atoms with Crippen LogP contribution in [0, 0.1) is 12.8 Å². The monoisotopic (exact) mass is 384 g/mol. The minimum atomic E-state index is 0.230. The summed E-state index contributed by atoms with van der Waals surface area (Å²) in [5, 5.41) is 7.96. The minimum absolute atomic E-state index is 0.230. The topological polar surface area (TPSA) is 62.5 Å². The van der Waals surface area contributed by atoms with Crippen molar-refractivity contribution in [1.82, 2.24) is 15.1 Å². The van der Waals surface area contributed by atoms with Crippen molar-refractivity contribution in [2.24, 2.45) is 5.92 Å². The van der Waals surface area contributed by atoms with Crippen LogP contribution in [0.5, 0.6) is 0 Å². The lowest BCUT2D eigenvalue weighted by atomic mass is 9.84. The summed E-state index contributed by atoms with van der Waals surface area (Å²) in [7, 11) is 0. The van der Waals surface area contributed by atoms with Crippen molar-refractivity contribution in [3.8, 4) is 0 Å². The van der Waals surface area contributed by atoms with Crippen molar-refractivity contribution in [2.75, 3.05) is 31.1 Å². The predicted octanol–water partition coefficient (Wildman–Crippen LogP) is 3.98. The standard InChI is InChI=1S/C22H32N4O2/c1-15(2)18-6-8-19(9-7-18)20(16(3)4)14-21(27)25-10-12-26(13-11-25)22-24-23-17(5)28-22/h6-9,15-16,20H,10-14H2,1-5H3. The Morgan fingerprint density at radius 3 is 2.11 bits per heavy atom. The van der Waals surface area contributed by atoms with Crippen molar-refractivity contribution in [3.05, 3.63) is 41.3 Å². The molecule has 0 aliphatic carbocycles. The second kappa shape index (κ2) is 8.76. The first-order valence-electron chi connectivity index (χ1n) is 10.3. The fraction of sp³-hybridized carbons (Fsp3) is 0.591. The summed E-state index contributed by atoms with van der Waals surface area (Å²) in [6.45, 7) is 13.4. The van der Waals surface area contributed by atoms with Gasteiger partial charge in [0.05, 0.1) is 0 Å². The summed E-state index contributed by atoms with van der Waals surface area (Å²) >= 11 is 0. The van der Waals surface area contributed by atoms with E-state index in [2.05, 4.69) is 62.2 Å². The van der Waals surface area contributed by atoms with Crippen LogP contribution in [-0.4, -0.2) is 47.2 Å². The van der Waals surface area contributed by atoms with Crippen molar-refractivity contribution >= 4 is 11.9 Å². The Morgan fingerprint density at radius 2 is 1.61 bits per heavy atom. The highest BCUT2D eigenvalue weighted by Crippen LogP contribution is 2.30. The van der Waals surface area contributed by atoms with Gasteiger partial charge in [-0.05, 0) is 28.9 Å². The summed E-state index contributed by atoms with van der Waals surface area (Å²) in [5.74, 6) is 1.97. The predicted molar refractivity (Wildman–Crippen MR) is 111 cm³/mol. The molecule has 0 N–H and O–H groups in total. The van der Waals surface area contributed by atoms with E-state index in [-0.39, 0.29) is 11.8 Å². The van der Waals surface area contributed by atoms with Gasteiger partial charge in [-0.1, -0.05) is 57.1 Å². The highest BCUT2D eigenvalue weighted by atomic mass is 16.4. The summed E-state index contributed by atoms with van der Waals surface area (Å²) in [6, 6.07) is 9.34. The Bertz CT molecular complexity index is 774. The molecule has 3 rings (SSSR count). The molecule has 152 valence electrons. The molecule has 0 saturated carbocycles. The number of hydrogen-bond acceptors (Lipinski definition) is 5. The van der Waals surface area contributed by atoms with Crippen molar-refractivity contribution in [2.45, 2.75) is 52.9 Å². The van der Waals surface area contributed by atoms with Gasteiger partial charge in [0.15, 0.2) is 0 Å². The van der Waals surface area contributed by atoms with Gasteiger partial charge in [0.2, 0.25) is 11.8 Å². The summed E-state index contributed by atoms with van der Waals surface area (Å²) in [6.07, 6.45) is 0.554. The molecule has 6 heteroatoms. The largest absolute Gasteiger partial charge is 0.408 e. The third-order valence-corrected chi connectivity index (χ3v) is 5.65. The van der Waals surface area contributed by atoms with E-state index in [0.29, 0.717) is 43.3 Å². The van der Waals surface area contributed by atoms with Gasteiger partial charge in [-0.3, -0.25) is 4.79 Å². The lowest BCUT2D eigenvalue weighted by Gasteiger charge is -2.35. The van der Waals surface area contributed by atoms with Crippen molar-refractivity contribution < 1.29 is 9.21 Å². The number of aromatic nitrogens is 2. The van der Waals surface area contributed by atoms with Gasteiger partial charge in [0.1, 0.15) is 0 Å². The molecule has 6 nitrogen and oxygen atoms in total. The Labute approximate surface area is 167 Å². The van der Waals surface area contributed by atoms with Crippen LogP contribution in [0.3, 0.4) is 0 Å². The van der Waals surface area contributed by atoms with Gasteiger partial charge in [-0.25, -0.2) is 0 Å². The fourth-order valence-electron chi connectivity index (χ4n) is 3.74. The number of hydrogen-bond donors (Lipinski definition) is 0. The van der Waals surface area contributed by atoms with E-state index >= 15 is 0 Å². The first-order chi connectivity index (χ1) is 13.3. The number of nitrogens with zero attached hydrogens (tertiary/aromatic N) is 4. The number of carbonyl (C=O) groups excluding carboxylic acids is 1. The average molecular weight is 385 g/mol. The quantitative estimate of drug-likeness (QED) is 0.754. The van der Waals surface area contributed by atoms with Gasteiger partial charge in [-0.15, -0.1) is 5.10 Å².